The summed E-state index contributed by atoms with van der Waals surface area (Å²) in [5, 5.41) is 10.1. The molecule has 0 saturated heterocycles. The maximum absolute atomic E-state index is 12.4. The molecule has 0 aliphatic heterocycles. The number of rotatable bonds is 4. The Kier molecular flexibility index (Phi) is 3.90. The molecule has 1 aliphatic rings. The highest BCUT2D eigenvalue weighted by Gasteiger charge is 2.39. The fourth-order valence-electron chi connectivity index (χ4n) is 2.77. The van der Waals surface area contributed by atoms with Crippen molar-refractivity contribution in [2.45, 2.75) is 18.4 Å². The number of amides is 1. The predicted molar refractivity (Wildman–Crippen MR) is 94.6 cm³/mol. The van der Waals surface area contributed by atoms with E-state index < -0.39 is 0 Å². The lowest BCUT2D eigenvalue weighted by molar-refractivity contribution is 0.0945. The van der Waals surface area contributed by atoms with Crippen LogP contribution in [0.5, 0.6) is 0 Å². The largest absolute Gasteiger partial charge is 0.347 e. The second kappa shape index (κ2) is 6.20. The van der Waals surface area contributed by atoms with Crippen molar-refractivity contribution in [1.82, 2.24) is 20.5 Å². The number of hydrogen-bond acceptors (Lipinski definition) is 3. The molecular weight excluding hydrogens is 368 g/mol. The third-order valence-corrected chi connectivity index (χ3v) is 4.71. The standard InChI is InChI=1S/C18H15BrN4O/c19-13-5-3-11(4-6-13)15-9-17(23-22-15)18(24)21-16-8-14(16)12-2-1-7-20-10-12/h1-7,9-10,14,16H,8H2,(H,21,24)(H,22,23)/t14-,16+/m0/s1. The smallest absolute Gasteiger partial charge is 0.269 e. The zero-order valence-electron chi connectivity index (χ0n) is 12.7. The summed E-state index contributed by atoms with van der Waals surface area (Å²) in [6.07, 6.45) is 4.57. The van der Waals surface area contributed by atoms with Crippen molar-refractivity contribution in [3.8, 4) is 11.3 Å². The first-order valence-electron chi connectivity index (χ1n) is 7.73. The number of pyridine rings is 1. The van der Waals surface area contributed by atoms with Gasteiger partial charge in [-0.05, 0) is 36.2 Å². The number of halogens is 1. The third-order valence-electron chi connectivity index (χ3n) is 4.18. The van der Waals surface area contributed by atoms with Crippen LogP contribution in [0.2, 0.25) is 0 Å². The minimum absolute atomic E-state index is 0.123. The van der Waals surface area contributed by atoms with Crippen LogP contribution in [-0.2, 0) is 0 Å². The Hall–Kier alpha value is -2.47. The van der Waals surface area contributed by atoms with Crippen molar-refractivity contribution >= 4 is 21.8 Å². The summed E-state index contributed by atoms with van der Waals surface area (Å²) in [5.41, 5.74) is 3.37. The first-order valence-corrected chi connectivity index (χ1v) is 8.52. The Morgan fingerprint density at radius 3 is 2.83 bits per heavy atom. The average Bonchev–Trinajstić information content (AvgIpc) is 3.19. The Balaban J connectivity index is 1.42. The van der Waals surface area contributed by atoms with Crippen molar-refractivity contribution in [3.63, 3.8) is 0 Å². The van der Waals surface area contributed by atoms with Gasteiger partial charge in [0.05, 0.1) is 5.69 Å². The van der Waals surface area contributed by atoms with Gasteiger partial charge in [0.2, 0.25) is 0 Å². The lowest BCUT2D eigenvalue weighted by atomic mass is 10.1. The number of nitrogens with one attached hydrogen (secondary N) is 2. The van der Waals surface area contributed by atoms with Gasteiger partial charge in [-0.3, -0.25) is 14.9 Å². The van der Waals surface area contributed by atoms with Crippen molar-refractivity contribution in [1.29, 1.82) is 0 Å². The molecule has 2 heterocycles. The summed E-state index contributed by atoms with van der Waals surface area (Å²) in [7, 11) is 0. The number of nitrogens with zero attached hydrogens (tertiary/aromatic N) is 2. The molecule has 0 radical (unpaired) electrons. The fraction of sp³-hybridized carbons (Fsp3) is 0.167. The number of hydrogen-bond donors (Lipinski definition) is 2. The van der Waals surface area contributed by atoms with E-state index in [2.05, 4.69) is 36.4 Å². The van der Waals surface area contributed by atoms with Crippen molar-refractivity contribution in [2.24, 2.45) is 0 Å². The van der Waals surface area contributed by atoms with Gasteiger partial charge in [0.15, 0.2) is 0 Å². The summed E-state index contributed by atoms with van der Waals surface area (Å²) in [5.74, 6) is 0.235. The molecule has 1 aliphatic carbocycles. The molecule has 1 fully saturated rings. The van der Waals surface area contributed by atoms with Crippen LogP contribution in [0.1, 0.15) is 28.4 Å². The van der Waals surface area contributed by atoms with E-state index in [-0.39, 0.29) is 11.9 Å². The highest BCUT2D eigenvalue weighted by molar-refractivity contribution is 9.10. The molecule has 5 nitrogen and oxygen atoms in total. The highest BCUT2D eigenvalue weighted by Crippen LogP contribution is 2.40. The number of aromatic amines is 1. The molecule has 1 amide bonds. The van der Waals surface area contributed by atoms with E-state index in [4.69, 9.17) is 0 Å². The molecule has 0 bridgehead atoms. The molecule has 4 rings (SSSR count). The first-order chi connectivity index (χ1) is 11.7. The summed E-state index contributed by atoms with van der Waals surface area (Å²) in [6.45, 7) is 0. The van der Waals surface area contributed by atoms with Gasteiger partial charge in [-0.1, -0.05) is 34.1 Å². The molecule has 2 atom stereocenters. The number of carbonyl (C=O) groups excluding carboxylic acids is 1. The summed E-state index contributed by atoms with van der Waals surface area (Å²) >= 11 is 3.41. The molecular formula is C18H15BrN4O. The van der Waals surface area contributed by atoms with Crippen LogP contribution >= 0.6 is 15.9 Å². The van der Waals surface area contributed by atoms with Gasteiger partial charge in [0.1, 0.15) is 5.69 Å². The topological polar surface area (TPSA) is 70.7 Å². The molecule has 0 unspecified atom stereocenters. The van der Waals surface area contributed by atoms with Crippen molar-refractivity contribution in [3.05, 3.63) is 70.6 Å². The number of benzene rings is 1. The average molecular weight is 383 g/mol. The van der Waals surface area contributed by atoms with Crippen LogP contribution in [0.15, 0.2) is 59.3 Å². The molecule has 120 valence electrons. The number of carbonyl (C=O) groups is 1. The normalized spacial score (nSPS) is 19.0. The molecule has 24 heavy (non-hydrogen) atoms. The number of aromatic nitrogens is 3. The second-order valence-electron chi connectivity index (χ2n) is 5.88. The highest BCUT2D eigenvalue weighted by atomic mass is 79.9. The van der Waals surface area contributed by atoms with E-state index in [1.807, 2.05) is 42.6 Å². The van der Waals surface area contributed by atoms with Crippen LogP contribution in [0, 0.1) is 0 Å². The Bertz CT molecular complexity index is 860. The van der Waals surface area contributed by atoms with E-state index in [1.165, 1.54) is 5.56 Å². The van der Waals surface area contributed by atoms with Gasteiger partial charge in [0.25, 0.3) is 5.91 Å². The van der Waals surface area contributed by atoms with Crippen LogP contribution < -0.4 is 5.32 Å². The SMILES string of the molecule is O=C(N[C@@H]1C[C@H]1c1cccnc1)c1cc(-c2ccc(Br)cc2)n[nH]1. The third kappa shape index (κ3) is 3.10. The van der Waals surface area contributed by atoms with Crippen LogP contribution in [0.3, 0.4) is 0 Å². The first kappa shape index (κ1) is 15.1. The maximum Gasteiger partial charge on any atom is 0.269 e. The van der Waals surface area contributed by atoms with Gasteiger partial charge in [-0.25, -0.2) is 0 Å². The monoisotopic (exact) mass is 382 g/mol. The Morgan fingerprint density at radius 2 is 2.08 bits per heavy atom. The molecule has 6 heteroatoms. The summed E-state index contributed by atoms with van der Waals surface area (Å²) in [6, 6.07) is 13.7. The summed E-state index contributed by atoms with van der Waals surface area (Å²) < 4.78 is 1.01. The minimum Gasteiger partial charge on any atom is -0.347 e. The molecule has 3 aromatic rings. The van der Waals surface area contributed by atoms with E-state index in [0.717, 1.165) is 22.2 Å². The lowest BCUT2D eigenvalue weighted by Crippen LogP contribution is -2.26. The van der Waals surface area contributed by atoms with Crippen LogP contribution in [0.4, 0.5) is 0 Å². The molecule has 2 aromatic heterocycles. The quantitative estimate of drug-likeness (QED) is 0.724. The van der Waals surface area contributed by atoms with E-state index in [0.29, 0.717) is 11.6 Å². The maximum atomic E-state index is 12.4. The van der Waals surface area contributed by atoms with E-state index >= 15 is 0 Å². The lowest BCUT2D eigenvalue weighted by Gasteiger charge is -2.02. The Labute approximate surface area is 147 Å². The minimum atomic E-state index is -0.123. The van der Waals surface area contributed by atoms with E-state index in [1.54, 1.807) is 12.3 Å². The van der Waals surface area contributed by atoms with E-state index in [9.17, 15) is 4.79 Å². The van der Waals surface area contributed by atoms with Crippen LogP contribution in [0.25, 0.3) is 11.3 Å². The molecule has 1 aromatic carbocycles. The zero-order valence-corrected chi connectivity index (χ0v) is 14.3. The van der Waals surface area contributed by atoms with Gasteiger partial charge in [-0.15, -0.1) is 0 Å². The molecule has 1 saturated carbocycles. The fourth-order valence-corrected chi connectivity index (χ4v) is 3.04. The van der Waals surface area contributed by atoms with Crippen molar-refractivity contribution < 1.29 is 4.79 Å². The second-order valence-corrected chi connectivity index (χ2v) is 6.80. The Morgan fingerprint density at radius 1 is 1.25 bits per heavy atom. The zero-order chi connectivity index (χ0) is 16.5. The molecule has 0 spiro atoms. The van der Waals surface area contributed by atoms with Gasteiger partial charge in [0, 0.05) is 34.4 Å². The van der Waals surface area contributed by atoms with Crippen molar-refractivity contribution in [2.75, 3.05) is 0 Å². The predicted octanol–water partition coefficient (Wildman–Crippen LogP) is 3.52. The number of H-pyrrole nitrogens is 1. The van der Waals surface area contributed by atoms with Crippen LogP contribution in [-0.4, -0.2) is 27.1 Å². The van der Waals surface area contributed by atoms with Gasteiger partial charge in [-0.2, -0.15) is 5.10 Å². The van der Waals surface area contributed by atoms with Gasteiger partial charge < -0.3 is 5.32 Å². The van der Waals surface area contributed by atoms with Gasteiger partial charge >= 0.3 is 0 Å². The molecule has 2 N–H and O–H groups in total. The summed E-state index contributed by atoms with van der Waals surface area (Å²) in [4.78, 5) is 16.5.